The highest BCUT2D eigenvalue weighted by molar-refractivity contribution is 9.10. The summed E-state index contributed by atoms with van der Waals surface area (Å²) in [4.78, 5) is 2.32. The van der Waals surface area contributed by atoms with Gasteiger partial charge < -0.3 is 10.2 Å². The Hall–Kier alpha value is -0.0900. The molecule has 0 aliphatic heterocycles. The average molecular weight is 320 g/mol. The zero-order valence-corrected chi connectivity index (χ0v) is 13.0. The van der Waals surface area contributed by atoms with E-state index in [9.17, 15) is 0 Å². The van der Waals surface area contributed by atoms with E-state index in [0.29, 0.717) is 6.04 Å². The highest BCUT2D eigenvalue weighted by Gasteiger charge is 2.02. The molecule has 0 aliphatic carbocycles. The van der Waals surface area contributed by atoms with E-state index < -0.39 is 0 Å². The minimum atomic E-state index is 0.599. The largest absolute Gasteiger partial charge is 0.311 e. The first-order valence-electron chi connectivity index (χ1n) is 5.85. The van der Waals surface area contributed by atoms with Gasteiger partial charge in [0.2, 0.25) is 0 Å². The molecular weight excluding hydrogens is 300 g/mol. The first kappa shape index (κ1) is 15.0. The zero-order valence-electron chi connectivity index (χ0n) is 10.6. The van der Waals surface area contributed by atoms with Gasteiger partial charge in [-0.05, 0) is 54.5 Å². The lowest BCUT2D eigenvalue weighted by Gasteiger charge is -2.20. The van der Waals surface area contributed by atoms with Crippen LogP contribution in [0, 0.1) is 0 Å². The lowest BCUT2D eigenvalue weighted by Crippen LogP contribution is -2.33. The van der Waals surface area contributed by atoms with Gasteiger partial charge in [-0.25, -0.2) is 0 Å². The maximum absolute atomic E-state index is 5.94. The molecule has 0 spiro atoms. The van der Waals surface area contributed by atoms with Gasteiger partial charge in [-0.3, -0.25) is 0 Å². The zero-order chi connectivity index (χ0) is 12.8. The Bertz CT molecular complexity index is 355. The molecule has 0 fully saturated rings. The van der Waals surface area contributed by atoms with Crippen LogP contribution in [0.15, 0.2) is 22.7 Å². The van der Waals surface area contributed by atoms with Gasteiger partial charge in [0.1, 0.15) is 0 Å². The highest BCUT2D eigenvalue weighted by atomic mass is 79.9. The third-order valence-electron chi connectivity index (χ3n) is 2.84. The van der Waals surface area contributed by atoms with Gasteiger partial charge in [0, 0.05) is 30.1 Å². The van der Waals surface area contributed by atoms with Crippen molar-refractivity contribution in [3.05, 3.63) is 33.3 Å². The molecule has 4 heteroatoms. The van der Waals surface area contributed by atoms with Crippen molar-refractivity contribution in [2.45, 2.75) is 26.4 Å². The van der Waals surface area contributed by atoms with Gasteiger partial charge in [0.15, 0.2) is 0 Å². The molecule has 1 aromatic rings. The topological polar surface area (TPSA) is 15.3 Å². The summed E-state index contributed by atoms with van der Waals surface area (Å²) < 4.78 is 0.956. The summed E-state index contributed by atoms with van der Waals surface area (Å²) in [7, 11) is 2.14. The van der Waals surface area contributed by atoms with Crippen LogP contribution in [0.2, 0.25) is 5.02 Å². The second kappa shape index (κ2) is 7.37. The summed E-state index contributed by atoms with van der Waals surface area (Å²) in [6, 6.07) is 6.62. The molecule has 0 radical (unpaired) electrons. The molecule has 0 aromatic heterocycles. The third-order valence-corrected chi connectivity index (χ3v) is 4.05. The number of likely N-dealkylation sites (N-methyl/N-ethyl adjacent to an activating group) is 1. The molecule has 17 heavy (non-hydrogen) atoms. The van der Waals surface area contributed by atoms with Crippen LogP contribution in [0.3, 0.4) is 0 Å². The Balaban J connectivity index is 2.29. The van der Waals surface area contributed by atoms with Crippen molar-refractivity contribution in [1.29, 1.82) is 0 Å². The average Bonchev–Trinajstić information content (AvgIpc) is 2.28. The Kier molecular flexibility index (Phi) is 6.49. The fourth-order valence-electron chi connectivity index (χ4n) is 1.40. The number of hydrogen-bond acceptors (Lipinski definition) is 2. The van der Waals surface area contributed by atoms with Crippen molar-refractivity contribution < 1.29 is 0 Å². The number of nitrogens with one attached hydrogen (secondary N) is 1. The summed E-state index contributed by atoms with van der Waals surface area (Å²) in [6.45, 7) is 7.34. The molecule has 0 saturated carbocycles. The van der Waals surface area contributed by atoms with E-state index in [-0.39, 0.29) is 0 Å². The van der Waals surface area contributed by atoms with Gasteiger partial charge in [-0.1, -0.05) is 17.7 Å². The highest BCUT2D eigenvalue weighted by Crippen LogP contribution is 2.22. The van der Waals surface area contributed by atoms with E-state index in [1.165, 1.54) is 5.56 Å². The van der Waals surface area contributed by atoms with Gasteiger partial charge in [0.05, 0.1) is 5.02 Å². The van der Waals surface area contributed by atoms with Crippen LogP contribution in [0.4, 0.5) is 0 Å². The molecule has 1 N–H and O–H groups in total. The summed E-state index contributed by atoms with van der Waals surface area (Å²) in [5, 5.41) is 4.19. The van der Waals surface area contributed by atoms with Crippen molar-refractivity contribution in [3.63, 3.8) is 0 Å². The summed E-state index contributed by atoms with van der Waals surface area (Å²) in [6.07, 6.45) is 0. The first-order valence-corrected chi connectivity index (χ1v) is 7.02. The molecule has 0 unspecified atom stereocenters. The molecule has 1 rings (SSSR count). The Morgan fingerprint density at radius 1 is 1.41 bits per heavy atom. The van der Waals surface area contributed by atoms with Crippen LogP contribution >= 0.6 is 27.5 Å². The van der Waals surface area contributed by atoms with Crippen LogP contribution in [-0.4, -0.2) is 31.1 Å². The van der Waals surface area contributed by atoms with Gasteiger partial charge in [-0.15, -0.1) is 0 Å². The number of halogens is 2. The van der Waals surface area contributed by atoms with Crippen LogP contribution in [-0.2, 0) is 6.54 Å². The van der Waals surface area contributed by atoms with Gasteiger partial charge in [0.25, 0.3) is 0 Å². The Morgan fingerprint density at radius 3 is 2.71 bits per heavy atom. The fourth-order valence-corrected chi connectivity index (χ4v) is 1.94. The van der Waals surface area contributed by atoms with Crippen LogP contribution in [0.1, 0.15) is 19.4 Å². The molecule has 0 atom stereocenters. The number of nitrogens with zero attached hydrogens (tertiary/aromatic N) is 1. The number of rotatable bonds is 6. The second-order valence-electron chi connectivity index (χ2n) is 4.50. The molecule has 0 amide bonds. The summed E-state index contributed by atoms with van der Waals surface area (Å²) in [5.41, 5.74) is 1.24. The maximum atomic E-state index is 5.94. The molecule has 1 aromatic carbocycles. The predicted octanol–water partition coefficient (Wildman–Crippen LogP) is 3.53. The van der Waals surface area contributed by atoms with Crippen molar-refractivity contribution in [2.75, 3.05) is 20.1 Å². The van der Waals surface area contributed by atoms with Crippen LogP contribution in [0.5, 0.6) is 0 Å². The van der Waals surface area contributed by atoms with Gasteiger partial charge in [-0.2, -0.15) is 0 Å². The second-order valence-corrected chi connectivity index (χ2v) is 5.76. The van der Waals surface area contributed by atoms with E-state index in [1.54, 1.807) is 0 Å². The molecule has 0 saturated heterocycles. The number of hydrogen-bond donors (Lipinski definition) is 1. The van der Waals surface area contributed by atoms with E-state index in [4.69, 9.17) is 11.6 Å². The number of benzene rings is 1. The molecule has 0 bridgehead atoms. The van der Waals surface area contributed by atoms with Crippen LogP contribution < -0.4 is 5.32 Å². The fraction of sp³-hybridized carbons (Fsp3) is 0.538. The summed E-state index contributed by atoms with van der Waals surface area (Å²) >= 11 is 9.37. The van der Waals surface area contributed by atoms with Crippen molar-refractivity contribution in [1.82, 2.24) is 10.2 Å². The molecule has 0 aliphatic rings. The Morgan fingerprint density at radius 2 is 2.12 bits per heavy atom. The quantitative estimate of drug-likeness (QED) is 0.807. The van der Waals surface area contributed by atoms with Crippen LogP contribution in [0.25, 0.3) is 0 Å². The molecule has 2 nitrogen and oxygen atoms in total. The van der Waals surface area contributed by atoms with Crippen molar-refractivity contribution in [2.24, 2.45) is 0 Å². The predicted molar refractivity (Wildman–Crippen MR) is 78.6 cm³/mol. The normalized spacial score (nSPS) is 11.5. The SMILES string of the molecule is CC(C)N(C)CCNCc1ccc(Cl)c(Br)c1. The van der Waals surface area contributed by atoms with E-state index in [1.807, 2.05) is 12.1 Å². The van der Waals surface area contributed by atoms with Gasteiger partial charge >= 0.3 is 0 Å². The monoisotopic (exact) mass is 318 g/mol. The van der Waals surface area contributed by atoms with E-state index in [0.717, 1.165) is 29.1 Å². The van der Waals surface area contributed by atoms with E-state index in [2.05, 4.69) is 53.1 Å². The molecular formula is C13H20BrClN2. The third kappa shape index (κ3) is 5.38. The Labute approximate surface area is 117 Å². The standard InChI is InChI=1S/C13H20BrClN2/c1-10(2)17(3)7-6-16-9-11-4-5-13(15)12(14)8-11/h4-5,8,10,16H,6-7,9H2,1-3H3. The minimum absolute atomic E-state index is 0.599. The maximum Gasteiger partial charge on any atom is 0.0548 e. The van der Waals surface area contributed by atoms with E-state index >= 15 is 0 Å². The lowest BCUT2D eigenvalue weighted by molar-refractivity contribution is 0.273. The minimum Gasteiger partial charge on any atom is -0.311 e. The first-order chi connectivity index (χ1) is 8.00. The lowest BCUT2D eigenvalue weighted by atomic mass is 10.2. The smallest absolute Gasteiger partial charge is 0.0548 e. The molecule has 0 heterocycles. The molecule has 96 valence electrons. The van der Waals surface area contributed by atoms with Crippen molar-refractivity contribution >= 4 is 27.5 Å². The summed E-state index contributed by atoms with van der Waals surface area (Å²) in [5.74, 6) is 0. The van der Waals surface area contributed by atoms with Crippen molar-refractivity contribution in [3.8, 4) is 0 Å².